The average molecular weight is 768 g/mol. The zero-order valence-corrected chi connectivity index (χ0v) is 30.9. The molecule has 0 radical (unpaired) electrons. The molecule has 6 heterocycles. The molecule has 284 valence electrons. The van der Waals surface area contributed by atoms with E-state index in [-0.39, 0.29) is 27.3 Å². The fourth-order valence-corrected chi connectivity index (χ4v) is 7.75. The molecule has 0 spiro atoms. The molecule has 13 heteroatoms. The van der Waals surface area contributed by atoms with Crippen LogP contribution in [0.3, 0.4) is 0 Å². The summed E-state index contributed by atoms with van der Waals surface area (Å²) in [5.41, 5.74) is 2.14. The Morgan fingerprint density at radius 3 is 1.69 bits per heavy atom. The lowest BCUT2D eigenvalue weighted by atomic mass is 9.68. The van der Waals surface area contributed by atoms with Crippen LogP contribution in [0.25, 0.3) is 22.1 Å². The van der Waals surface area contributed by atoms with Crippen molar-refractivity contribution < 1.29 is 19.3 Å². The molecule has 2 aliphatic heterocycles. The molecule has 51 heavy (non-hydrogen) atoms. The summed E-state index contributed by atoms with van der Waals surface area (Å²) >= 11 is 18.3. The number of halogens is 3. The van der Waals surface area contributed by atoms with Crippen molar-refractivity contribution in [3.63, 3.8) is 0 Å². The van der Waals surface area contributed by atoms with Gasteiger partial charge in [-0.15, -0.1) is 0 Å². The summed E-state index contributed by atoms with van der Waals surface area (Å²) in [5, 5.41) is 20.8. The summed E-state index contributed by atoms with van der Waals surface area (Å²) in [6.07, 6.45) is 19.8. The van der Waals surface area contributed by atoms with Crippen LogP contribution in [0.4, 0.5) is 0 Å². The molecule has 1 N–H and O–H groups in total. The molecule has 8 rings (SSSR count). The van der Waals surface area contributed by atoms with E-state index in [1.807, 2.05) is 10.9 Å². The number of ether oxygens (including phenoxy) is 3. The quantitative estimate of drug-likeness (QED) is 0.177. The minimum Gasteiger partial charge on any atom is -0.492 e. The van der Waals surface area contributed by atoms with E-state index in [1.54, 1.807) is 23.0 Å². The lowest BCUT2D eigenvalue weighted by Gasteiger charge is -2.40. The number of aliphatic hydroxyl groups excluding tert-OH is 1. The van der Waals surface area contributed by atoms with Gasteiger partial charge in [0.15, 0.2) is 23.8 Å². The van der Waals surface area contributed by atoms with E-state index in [1.165, 1.54) is 38.5 Å². The number of hydrogen-bond donors (Lipinski definition) is 1. The van der Waals surface area contributed by atoms with Crippen LogP contribution in [-0.4, -0.2) is 61.1 Å². The molecule has 4 fully saturated rings. The van der Waals surface area contributed by atoms with Gasteiger partial charge in [-0.05, 0) is 88.5 Å². The van der Waals surface area contributed by atoms with Gasteiger partial charge in [0.2, 0.25) is 0 Å². The Hall–Kier alpha value is -2.21. The zero-order chi connectivity index (χ0) is 34.4. The minimum atomic E-state index is -0.0525. The SMILES string of the molecule is C.C.CCC1(CO)CCC1.CCC1(COc2cc(Cl)nc3c2cnn3C2CCCCO2)CCC1.Clc1cc(Cl)c2cnn(C3CCCCO3)c2n1. The Balaban J connectivity index is 0.000000188. The molecule has 2 saturated carbocycles. The van der Waals surface area contributed by atoms with E-state index in [0.717, 1.165) is 93.4 Å². The zero-order valence-electron chi connectivity index (χ0n) is 28.7. The molecule has 4 aromatic rings. The van der Waals surface area contributed by atoms with Gasteiger partial charge >= 0.3 is 0 Å². The van der Waals surface area contributed by atoms with E-state index < -0.39 is 0 Å². The second-order valence-corrected chi connectivity index (χ2v) is 15.2. The van der Waals surface area contributed by atoms with Crippen molar-refractivity contribution in [3.05, 3.63) is 39.9 Å². The highest BCUT2D eigenvalue weighted by Gasteiger charge is 2.36. The van der Waals surface area contributed by atoms with Crippen molar-refractivity contribution in [2.24, 2.45) is 10.8 Å². The molecule has 0 bridgehead atoms. The van der Waals surface area contributed by atoms with Gasteiger partial charge < -0.3 is 19.3 Å². The first-order chi connectivity index (χ1) is 23.8. The number of aromatic nitrogens is 6. The number of nitrogens with zero attached hydrogens (tertiary/aromatic N) is 6. The Morgan fingerprint density at radius 1 is 0.745 bits per heavy atom. The highest BCUT2D eigenvalue weighted by molar-refractivity contribution is 6.37. The van der Waals surface area contributed by atoms with Gasteiger partial charge in [0.1, 0.15) is 16.1 Å². The Labute approximate surface area is 318 Å². The summed E-state index contributed by atoms with van der Waals surface area (Å²) in [6, 6.07) is 3.43. The maximum absolute atomic E-state index is 8.84. The number of aliphatic hydroxyl groups is 1. The first kappa shape index (κ1) is 41.5. The molecule has 0 amide bonds. The molecule has 2 atom stereocenters. The van der Waals surface area contributed by atoms with Gasteiger partial charge in [0.05, 0.1) is 34.8 Å². The van der Waals surface area contributed by atoms with Crippen molar-refractivity contribution in [1.29, 1.82) is 0 Å². The van der Waals surface area contributed by atoms with E-state index in [9.17, 15) is 0 Å². The smallest absolute Gasteiger partial charge is 0.165 e. The molecule has 10 nitrogen and oxygen atoms in total. The van der Waals surface area contributed by atoms with Crippen LogP contribution in [0, 0.1) is 10.8 Å². The maximum atomic E-state index is 8.84. The highest BCUT2D eigenvalue weighted by Crippen LogP contribution is 2.45. The summed E-state index contributed by atoms with van der Waals surface area (Å²) in [7, 11) is 0. The van der Waals surface area contributed by atoms with Crippen LogP contribution < -0.4 is 4.74 Å². The van der Waals surface area contributed by atoms with Crippen LogP contribution in [0.15, 0.2) is 24.5 Å². The molecule has 2 aliphatic carbocycles. The van der Waals surface area contributed by atoms with Gasteiger partial charge in [0, 0.05) is 31.3 Å². The third-order valence-corrected chi connectivity index (χ3v) is 11.7. The number of pyridine rings is 2. The molecule has 4 aliphatic rings. The van der Waals surface area contributed by atoms with E-state index in [0.29, 0.717) is 38.4 Å². The summed E-state index contributed by atoms with van der Waals surface area (Å²) in [4.78, 5) is 8.75. The lowest BCUT2D eigenvalue weighted by molar-refractivity contribution is -0.0371. The van der Waals surface area contributed by atoms with E-state index in [2.05, 4.69) is 34.0 Å². The van der Waals surface area contributed by atoms with Crippen LogP contribution in [0.5, 0.6) is 5.75 Å². The minimum absolute atomic E-state index is 0. The molecule has 4 aromatic heterocycles. The average Bonchev–Trinajstić information content (AvgIpc) is 3.71. The highest BCUT2D eigenvalue weighted by atomic mass is 35.5. The second kappa shape index (κ2) is 18.7. The van der Waals surface area contributed by atoms with E-state index >= 15 is 0 Å². The Kier molecular flexibility index (Phi) is 15.2. The Bertz CT molecular complexity index is 1660. The van der Waals surface area contributed by atoms with Crippen molar-refractivity contribution >= 4 is 56.9 Å². The molecular weight excluding hydrogens is 711 g/mol. The van der Waals surface area contributed by atoms with Crippen molar-refractivity contribution in [3.8, 4) is 5.75 Å². The Morgan fingerprint density at radius 2 is 1.25 bits per heavy atom. The first-order valence-corrected chi connectivity index (χ1v) is 19.1. The number of rotatable bonds is 8. The normalized spacial score (nSPS) is 21.8. The van der Waals surface area contributed by atoms with Gasteiger partial charge in [-0.2, -0.15) is 10.2 Å². The van der Waals surface area contributed by atoms with Crippen LogP contribution >= 0.6 is 34.8 Å². The van der Waals surface area contributed by atoms with Crippen LogP contribution in [-0.2, 0) is 9.47 Å². The van der Waals surface area contributed by atoms with Crippen LogP contribution in [0.2, 0.25) is 15.3 Å². The summed E-state index contributed by atoms with van der Waals surface area (Å²) in [5.74, 6) is 0.784. The van der Waals surface area contributed by atoms with Gasteiger partial charge in [0.25, 0.3) is 0 Å². The molecule has 2 saturated heterocycles. The van der Waals surface area contributed by atoms with Gasteiger partial charge in [-0.25, -0.2) is 19.3 Å². The van der Waals surface area contributed by atoms with Crippen molar-refractivity contribution in [2.75, 3.05) is 26.4 Å². The third kappa shape index (κ3) is 9.48. The predicted octanol–water partition coefficient (Wildman–Crippen LogP) is 11.0. The lowest BCUT2D eigenvalue weighted by Crippen LogP contribution is -2.34. The standard InChI is InChI=1S/C18H24ClN3O2.C11H11Cl2N3O.C7H14O.2CH4/c1-2-18(7-5-8-18)12-24-14-10-15(19)21-17-13(14)11-20-22(17)16-6-3-4-9-23-16;12-8-5-9(13)15-11-7(8)6-14-16(11)10-3-1-2-4-17-10;1-2-7(6-8)4-3-5-7;;/h10-11,16H,2-9,12H2,1H3;5-6,10H,1-4H2;8H,2-6H2,1H3;2*1H4. The third-order valence-electron chi connectivity index (χ3n) is 11.0. The fourth-order valence-electron chi connectivity index (χ4n) is 7.09. The summed E-state index contributed by atoms with van der Waals surface area (Å²) < 4.78 is 21.3. The van der Waals surface area contributed by atoms with Crippen molar-refractivity contribution in [2.45, 2.75) is 131 Å². The van der Waals surface area contributed by atoms with Gasteiger partial charge in [-0.3, -0.25) is 0 Å². The fraction of sp³-hybridized carbons (Fsp3) is 0.684. The molecular formula is C38H57Cl3N6O4. The molecule has 2 unspecified atom stereocenters. The van der Waals surface area contributed by atoms with E-state index in [4.69, 9.17) is 54.1 Å². The molecule has 0 aromatic carbocycles. The summed E-state index contributed by atoms with van der Waals surface area (Å²) in [6.45, 7) is 7.09. The number of fused-ring (bicyclic) bond motifs is 2. The number of hydrogen-bond acceptors (Lipinski definition) is 8. The monoisotopic (exact) mass is 766 g/mol. The second-order valence-electron chi connectivity index (χ2n) is 14.0. The van der Waals surface area contributed by atoms with Gasteiger partial charge in [-0.1, -0.05) is 76.3 Å². The first-order valence-electron chi connectivity index (χ1n) is 18.0. The topological polar surface area (TPSA) is 109 Å². The maximum Gasteiger partial charge on any atom is 0.165 e. The van der Waals surface area contributed by atoms with Crippen molar-refractivity contribution in [1.82, 2.24) is 29.5 Å². The van der Waals surface area contributed by atoms with Crippen LogP contribution in [0.1, 0.15) is 131 Å². The largest absolute Gasteiger partial charge is 0.492 e. The predicted molar refractivity (Wildman–Crippen MR) is 207 cm³/mol.